The minimum Gasteiger partial charge on any atom is -0.259 e. The molecule has 0 aromatic heterocycles. The Hall–Kier alpha value is 0.140. The van der Waals surface area contributed by atoms with E-state index in [1.807, 2.05) is 25.1 Å². The number of rotatable bonds is 3. The zero-order chi connectivity index (χ0) is 9.84. The Morgan fingerprint density at radius 2 is 2.23 bits per heavy atom. The van der Waals surface area contributed by atoms with Gasteiger partial charge in [-0.15, -0.1) is 0 Å². The molecule has 0 aliphatic carbocycles. The summed E-state index contributed by atoms with van der Waals surface area (Å²) < 4.78 is 12.3. The van der Waals surface area contributed by atoms with E-state index in [0.717, 1.165) is 10.0 Å². The van der Waals surface area contributed by atoms with Gasteiger partial charge in [-0.25, -0.2) is 0 Å². The van der Waals surface area contributed by atoms with Gasteiger partial charge in [-0.1, -0.05) is 34.5 Å². The molecule has 0 aliphatic heterocycles. The van der Waals surface area contributed by atoms with Gasteiger partial charge in [0.2, 0.25) is 0 Å². The summed E-state index contributed by atoms with van der Waals surface area (Å²) in [5, 5.41) is 0.685. The van der Waals surface area contributed by atoms with Gasteiger partial charge in [0.1, 0.15) is 0 Å². The zero-order valence-corrected chi connectivity index (χ0v) is 10.4. The van der Waals surface area contributed by atoms with Crippen molar-refractivity contribution in [1.29, 1.82) is 0 Å². The van der Waals surface area contributed by atoms with Gasteiger partial charge in [0.15, 0.2) is 0 Å². The maximum Gasteiger partial charge on any atom is 0.0500 e. The monoisotopic (exact) mass is 280 g/mol. The molecule has 0 heterocycles. The van der Waals surface area contributed by atoms with Crippen molar-refractivity contribution in [3.8, 4) is 0 Å². The fraction of sp³-hybridized carbons (Fsp3) is 0.333. The molecule has 1 aromatic carbocycles. The summed E-state index contributed by atoms with van der Waals surface area (Å²) in [4.78, 5) is 0. The quantitative estimate of drug-likeness (QED) is 0.830. The molecule has 1 nitrogen and oxygen atoms in total. The van der Waals surface area contributed by atoms with Gasteiger partial charge in [0.05, 0.1) is 5.75 Å². The molecule has 0 spiro atoms. The third kappa shape index (κ3) is 3.41. The van der Waals surface area contributed by atoms with Gasteiger partial charge in [-0.3, -0.25) is 4.21 Å². The van der Waals surface area contributed by atoms with Crippen LogP contribution in [-0.2, 0) is 16.6 Å². The van der Waals surface area contributed by atoms with Gasteiger partial charge in [0.25, 0.3) is 0 Å². The summed E-state index contributed by atoms with van der Waals surface area (Å²) in [7, 11) is -0.802. The molecular formula is C9H10BrClOS. The Morgan fingerprint density at radius 1 is 1.54 bits per heavy atom. The van der Waals surface area contributed by atoms with Crippen LogP contribution in [0, 0.1) is 0 Å². The van der Waals surface area contributed by atoms with Gasteiger partial charge in [0, 0.05) is 26.0 Å². The Morgan fingerprint density at radius 3 is 2.85 bits per heavy atom. The molecule has 1 rings (SSSR count). The van der Waals surface area contributed by atoms with E-state index >= 15 is 0 Å². The second-order valence-electron chi connectivity index (χ2n) is 2.61. The number of hydrogen-bond acceptors (Lipinski definition) is 1. The second kappa shape index (κ2) is 5.13. The van der Waals surface area contributed by atoms with Crippen molar-refractivity contribution in [3.05, 3.63) is 33.3 Å². The summed E-state index contributed by atoms with van der Waals surface area (Å²) >= 11 is 9.29. The first-order valence-corrected chi connectivity index (χ1v) is 6.58. The van der Waals surface area contributed by atoms with Crippen molar-refractivity contribution < 1.29 is 4.21 Å². The second-order valence-corrected chi connectivity index (χ2v) is 5.68. The van der Waals surface area contributed by atoms with Gasteiger partial charge in [-0.2, -0.15) is 0 Å². The standard InChI is InChI=1S/C9H10BrClOS/c1-2-13(12)6-7-5-8(10)3-4-9(7)11/h3-5H,2,6H2,1H3. The molecule has 0 aliphatic rings. The predicted octanol–water partition coefficient (Wildman–Crippen LogP) is 3.37. The summed E-state index contributed by atoms with van der Waals surface area (Å²) in [5.41, 5.74) is 0.941. The molecule has 0 saturated carbocycles. The SMILES string of the molecule is CCS(=O)Cc1cc(Br)ccc1Cl. The molecule has 0 saturated heterocycles. The van der Waals surface area contributed by atoms with E-state index in [0.29, 0.717) is 16.5 Å². The molecule has 1 unspecified atom stereocenters. The topological polar surface area (TPSA) is 17.1 Å². The van der Waals surface area contributed by atoms with E-state index in [2.05, 4.69) is 15.9 Å². The van der Waals surface area contributed by atoms with E-state index in [1.54, 1.807) is 0 Å². The third-order valence-electron chi connectivity index (χ3n) is 1.65. The predicted molar refractivity (Wildman–Crippen MR) is 61.5 cm³/mol. The zero-order valence-electron chi connectivity index (χ0n) is 7.22. The number of halogens is 2. The van der Waals surface area contributed by atoms with Crippen molar-refractivity contribution in [1.82, 2.24) is 0 Å². The van der Waals surface area contributed by atoms with E-state index in [9.17, 15) is 4.21 Å². The average molecular weight is 282 g/mol. The van der Waals surface area contributed by atoms with Gasteiger partial charge < -0.3 is 0 Å². The van der Waals surface area contributed by atoms with Crippen LogP contribution in [0.2, 0.25) is 5.02 Å². The minimum atomic E-state index is -0.802. The largest absolute Gasteiger partial charge is 0.259 e. The molecule has 4 heteroatoms. The van der Waals surface area contributed by atoms with Crippen LogP contribution in [0.4, 0.5) is 0 Å². The molecule has 1 atom stereocenters. The average Bonchev–Trinajstić information content (AvgIpc) is 2.11. The molecular weight excluding hydrogens is 272 g/mol. The first-order chi connectivity index (χ1) is 6.13. The van der Waals surface area contributed by atoms with E-state index < -0.39 is 10.8 Å². The highest BCUT2D eigenvalue weighted by Crippen LogP contribution is 2.22. The van der Waals surface area contributed by atoms with Crippen LogP contribution < -0.4 is 0 Å². The molecule has 72 valence electrons. The fourth-order valence-electron chi connectivity index (χ4n) is 0.929. The first-order valence-electron chi connectivity index (χ1n) is 3.92. The lowest BCUT2D eigenvalue weighted by Crippen LogP contribution is -1.98. The normalized spacial score (nSPS) is 12.8. The highest BCUT2D eigenvalue weighted by atomic mass is 79.9. The van der Waals surface area contributed by atoms with E-state index in [-0.39, 0.29) is 0 Å². The first kappa shape index (κ1) is 11.2. The summed E-state index contributed by atoms with van der Waals surface area (Å²) in [5.74, 6) is 1.21. The Labute approximate surface area is 94.1 Å². The van der Waals surface area contributed by atoms with Crippen molar-refractivity contribution >= 4 is 38.3 Å². The summed E-state index contributed by atoms with van der Waals surface area (Å²) in [6, 6.07) is 5.60. The van der Waals surface area contributed by atoms with Gasteiger partial charge in [-0.05, 0) is 23.8 Å². The molecule has 0 fully saturated rings. The molecule has 0 amide bonds. The minimum absolute atomic E-state index is 0.536. The third-order valence-corrected chi connectivity index (χ3v) is 3.79. The van der Waals surface area contributed by atoms with Crippen LogP contribution in [0.15, 0.2) is 22.7 Å². The Balaban J connectivity index is 2.87. The Bertz CT molecular complexity index is 327. The summed E-state index contributed by atoms with van der Waals surface area (Å²) in [6.45, 7) is 1.90. The number of benzene rings is 1. The van der Waals surface area contributed by atoms with Crippen LogP contribution in [-0.4, -0.2) is 9.96 Å². The molecule has 1 aromatic rings. The number of hydrogen-bond donors (Lipinski definition) is 0. The lowest BCUT2D eigenvalue weighted by atomic mass is 10.2. The smallest absolute Gasteiger partial charge is 0.0500 e. The van der Waals surface area contributed by atoms with E-state index in [4.69, 9.17) is 11.6 Å². The van der Waals surface area contributed by atoms with Crippen LogP contribution in [0.1, 0.15) is 12.5 Å². The fourth-order valence-corrected chi connectivity index (χ4v) is 2.39. The molecule has 0 N–H and O–H groups in total. The maximum absolute atomic E-state index is 11.3. The van der Waals surface area contributed by atoms with Gasteiger partial charge >= 0.3 is 0 Å². The van der Waals surface area contributed by atoms with Crippen LogP contribution in [0.3, 0.4) is 0 Å². The molecule has 0 bridgehead atoms. The van der Waals surface area contributed by atoms with Crippen LogP contribution in [0.5, 0.6) is 0 Å². The highest BCUT2D eigenvalue weighted by molar-refractivity contribution is 9.10. The van der Waals surface area contributed by atoms with Crippen molar-refractivity contribution in [3.63, 3.8) is 0 Å². The van der Waals surface area contributed by atoms with E-state index in [1.165, 1.54) is 0 Å². The molecule has 13 heavy (non-hydrogen) atoms. The lowest BCUT2D eigenvalue weighted by Gasteiger charge is -2.03. The van der Waals surface area contributed by atoms with Crippen molar-refractivity contribution in [2.24, 2.45) is 0 Å². The van der Waals surface area contributed by atoms with Crippen molar-refractivity contribution in [2.75, 3.05) is 5.75 Å². The van der Waals surface area contributed by atoms with Crippen molar-refractivity contribution in [2.45, 2.75) is 12.7 Å². The summed E-state index contributed by atoms with van der Waals surface area (Å²) in [6.07, 6.45) is 0. The lowest BCUT2D eigenvalue weighted by molar-refractivity contribution is 0.683. The molecule has 0 radical (unpaired) electrons. The highest BCUT2D eigenvalue weighted by Gasteiger charge is 2.04. The van der Waals surface area contributed by atoms with Crippen LogP contribution >= 0.6 is 27.5 Å². The Kier molecular flexibility index (Phi) is 4.42. The van der Waals surface area contributed by atoms with Crippen LogP contribution in [0.25, 0.3) is 0 Å². The maximum atomic E-state index is 11.3.